The van der Waals surface area contributed by atoms with Gasteiger partial charge in [0.2, 0.25) is 0 Å². The Morgan fingerprint density at radius 3 is 2.13 bits per heavy atom. The lowest BCUT2D eigenvalue weighted by Gasteiger charge is -2.18. The third-order valence-electron chi connectivity index (χ3n) is 2.85. The van der Waals surface area contributed by atoms with Gasteiger partial charge in [0.1, 0.15) is 5.75 Å². The number of hydrogen-bond donors (Lipinski definition) is 0. The lowest BCUT2D eigenvalue weighted by Crippen LogP contribution is -2.10. The molecule has 0 unspecified atom stereocenters. The van der Waals surface area contributed by atoms with Crippen LogP contribution in [0.5, 0.6) is 5.75 Å². The minimum absolute atomic E-state index is 0.0150. The number of benzene rings is 2. The van der Waals surface area contributed by atoms with Crippen LogP contribution in [0.25, 0.3) is 11.1 Å². The first-order chi connectivity index (χ1) is 10.6. The van der Waals surface area contributed by atoms with Gasteiger partial charge in [-0.25, -0.2) is 0 Å². The van der Waals surface area contributed by atoms with Crippen molar-refractivity contribution in [2.24, 2.45) is 0 Å². The third-order valence-corrected chi connectivity index (χ3v) is 4.15. The van der Waals surface area contributed by atoms with Crippen molar-refractivity contribution in [3.05, 3.63) is 51.0 Å². The van der Waals surface area contributed by atoms with E-state index < -0.39 is 29.7 Å². The highest BCUT2D eigenvalue weighted by atomic mass is 35.5. The van der Waals surface area contributed by atoms with Gasteiger partial charge in [-0.15, -0.1) is 0 Å². The summed E-state index contributed by atoms with van der Waals surface area (Å²) in [4.78, 5) is 0. The first-order valence-electron chi connectivity index (χ1n) is 5.91. The van der Waals surface area contributed by atoms with Crippen LogP contribution in [-0.4, -0.2) is 6.61 Å². The van der Waals surface area contributed by atoms with E-state index in [1.807, 2.05) is 0 Å². The van der Waals surface area contributed by atoms with Crippen molar-refractivity contribution in [1.29, 1.82) is 0 Å². The Labute approximate surface area is 142 Å². The van der Waals surface area contributed by atoms with Crippen molar-refractivity contribution >= 4 is 34.8 Å². The van der Waals surface area contributed by atoms with Gasteiger partial charge in [0.15, 0.2) is 0 Å². The molecule has 0 fully saturated rings. The number of halogens is 8. The normalized spacial score (nSPS) is 11.9. The van der Waals surface area contributed by atoms with Gasteiger partial charge >= 0.3 is 12.8 Å². The van der Waals surface area contributed by atoms with Crippen LogP contribution in [0.2, 0.25) is 15.1 Å². The zero-order valence-corrected chi connectivity index (χ0v) is 13.2. The summed E-state index contributed by atoms with van der Waals surface area (Å²) in [6.07, 6.45) is -4.81. The van der Waals surface area contributed by atoms with E-state index in [1.54, 1.807) is 0 Å². The van der Waals surface area contributed by atoms with Crippen LogP contribution >= 0.6 is 34.8 Å². The van der Waals surface area contributed by atoms with Crippen LogP contribution in [0, 0.1) is 0 Å². The average Bonchev–Trinajstić information content (AvgIpc) is 2.44. The van der Waals surface area contributed by atoms with E-state index in [-0.39, 0.29) is 20.6 Å². The second-order valence-electron chi connectivity index (χ2n) is 4.28. The maximum absolute atomic E-state index is 13.2. The SMILES string of the molecule is FC(F)Oc1cccc(C(F)(F)F)c1-c1ccc(Cl)c(Cl)c1Cl. The number of rotatable bonds is 3. The molecule has 9 heteroatoms. The van der Waals surface area contributed by atoms with Crippen LogP contribution in [0.3, 0.4) is 0 Å². The van der Waals surface area contributed by atoms with E-state index in [2.05, 4.69) is 4.74 Å². The molecule has 0 heterocycles. The summed E-state index contributed by atoms with van der Waals surface area (Å²) >= 11 is 17.5. The number of alkyl halides is 5. The van der Waals surface area contributed by atoms with E-state index in [9.17, 15) is 22.0 Å². The molecule has 0 amide bonds. The number of hydrogen-bond acceptors (Lipinski definition) is 1. The molecule has 0 bridgehead atoms. The highest BCUT2D eigenvalue weighted by Gasteiger charge is 2.36. The molecule has 1 nitrogen and oxygen atoms in total. The molecule has 2 rings (SSSR count). The van der Waals surface area contributed by atoms with E-state index >= 15 is 0 Å². The van der Waals surface area contributed by atoms with Gasteiger partial charge in [0, 0.05) is 11.1 Å². The topological polar surface area (TPSA) is 9.23 Å². The summed E-state index contributed by atoms with van der Waals surface area (Å²) < 4.78 is 68.9. The zero-order chi connectivity index (χ0) is 17.4. The Morgan fingerprint density at radius 2 is 1.57 bits per heavy atom. The Kier molecular flexibility index (Phi) is 5.28. The van der Waals surface area contributed by atoms with Crippen LogP contribution in [0.15, 0.2) is 30.3 Å². The van der Waals surface area contributed by atoms with E-state index in [0.29, 0.717) is 0 Å². The van der Waals surface area contributed by atoms with Crippen LogP contribution in [0.4, 0.5) is 22.0 Å². The van der Waals surface area contributed by atoms with Gasteiger partial charge in [-0.3, -0.25) is 0 Å². The monoisotopic (exact) mass is 390 g/mol. The van der Waals surface area contributed by atoms with E-state index in [1.165, 1.54) is 6.07 Å². The maximum atomic E-state index is 13.2. The largest absolute Gasteiger partial charge is 0.434 e. The minimum atomic E-state index is -4.81. The molecule has 0 N–H and O–H groups in total. The van der Waals surface area contributed by atoms with Crippen molar-refractivity contribution in [3.8, 4) is 16.9 Å². The van der Waals surface area contributed by atoms with E-state index in [4.69, 9.17) is 34.8 Å². The molecule has 124 valence electrons. The predicted molar refractivity (Wildman–Crippen MR) is 78.5 cm³/mol. The average molecular weight is 392 g/mol. The van der Waals surface area contributed by atoms with Gasteiger partial charge in [-0.1, -0.05) is 46.9 Å². The van der Waals surface area contributed by atoms with Crippen molar-refractivity contribution in [2.75, 3.05) is 0 Å². The van der Waals surface area contributed by atoms with Crippen molar-refractivity contribution in [2.45, 2.75) is 12.8 Å². The molecule has 0 saturated carbocycles. The Balaban J connectivity index is 2.80. The molecule has 23 heavy (non-hydrogen) atoms. The lowest BCUT2D eigenvalue weighted by molar-refractivity contribution is -0.137. The van der Waals surface area contributed by atoms with Gasteiger partial charge in [0.05, 0.1) is 20.6 Å². The van der Waals surface area contributed by atoms with Crippen LogP contribution in [-0.2, 0) is 6.18 Å². The first-order valence-corrected chi connectivity index (χ1v) is 7.05. The molecular weight excluding hydrogens is 386 g/mol. The molecule has 0 aliphatic heterocycles. The van der Waals surface area contributed by atoms with Crippen molar-refractivity contribution < 1.29 is 26.7 Å². The molecule has 0 atom stereocenters. The van der Waals surface area contributed by atoms with Gasteiger partial charge in [0.25, 0.3) is 0 Å². The Hall–Kier alpha value is -1.24. The smallest absolute Gasteiger partial charge is 0.417 e. The van der Waals surface area contributed by atoms with Gasteiger partial charge < -0.3 is 4.74 Å². The standard InChI is InChI=1S/C14H6Cl3F5O/c15-8-5-4-6(11(16)12(8)17)10-7(14(20,21)22)2-1-3-9(10)23-13(18)19/h1-5,13H. The van der Waals surface area contributed by atoms with Crippen molar-refractivity contribution in [1.82, 2.24) is 0 Å². The van der Waals surface area contributed by atoms with E-state index in [0.717, 1.165) is 24.3 Å². The molecule has 0 aromatic heterocycles. The molecule has 0 spiro atoms. The van der Waals surface area contributed by atoms with Gasteiger partial charge in [-0.05, 0) is 18.2 Å². The van der Waals surface area contributed by atoms with Crippen LogP contribution < -0.4 is 4.74 Å². The third kappa shape index (κ3) is 3.82. The minimum Gasteiger partial charge on any atom is -0.434 e. The summed E-state index contributed by atoms with van der Waals surface area (Å²) in [7, 11) is 0. The fourth-order valence-electron chi connectivity index (χ4n) is 1.96. The summed E-state index contributed by atoms with van der Waals surface area (Å²) in [5.41, 5.74) is -2.04. The summed E-state index contributed by atoms with van der Waals surface area (Å²) in [5.74, 6) is -0.671. The second-order valence-corrected chi connectivity index (χ2v) is 5.44. The highest BCUT2D eigenvalue weighted by molar-refractivity contribution is 6.49. The molecule has 0 aliphatic carbocycles. The van der Waals surface area contributed by atoms with Gasteiger partial charge in [-0.2, -0.15) is 22.0 Å². The fourth-order valence-corrected chi connectivity index (χ4v) is 2.59. The molecule has 0 aliphatic rings. The molecule has 0 radical (unpaired) electrons. The maximum Gasteiger partial charge on any atom is 0.417 e. The Morgan fingerprint density at radius 1 is 0.913 bits per heavy atom. The molecular formula is C14H6Cl3F5O. The highest BCUT2D eigenvalue weighted by Crippen LogP contribution is 2.47. The summed E-state index contributed by atoms with van der Waals surface area (Å²) in [5, 5.41) is -0.470. The fraction of sp³-hybridized carbons (Fsp3) is 0.143. The second kappa shape index (κ2) is 6.71. The summed E-state index contributed by atoms with van der Waals surface area (Å²) in [6, 6.07) is 5.03. The summed E-state index contributed by atoms with van der Waals surface area (Å²) in [6.45, 7) is -3.31. The molecule has 2 aromatic carbocycles. The molecule has 0 saturated heterocycles. The quantitative estimate of drug-likeness (QED) is 0.407. The molecule has 2 aromatic rings. The first kappa shape index (κ1) is 18.1. The number of ether oxygens (including phenoxy) is 1. The lowest BCUT2D eigenvalue weighted by atomic mass is 9.98. The Bertz CT molecular complexity index is 731. The predicted octanol–water partition coefficient (Wildman–Crippen LogP) is 6.93. The van der Waals surface area contributed by atoms with Crippen molar-refractivity contribution in [3.63, 3.8) is 0 Å². The van der Waals surface area contributed by atoms with Crippen LogP contribution in [0.1, 0.15) is 5.56 Å². The zero-order valence-electron chi connectivity index (χ0n) is 10.9.